The Kier molecular flexibility index (Phi) is 8.38. The summed E-state index contributed by atoms with van der Waals surface area (Å²) in [6.45, 7) is 8.48. The molecule has 0 spiro atoms. The van der Waals surface area contributed by atoms with E-state index >= 15 is 0 Å². The van der Waals surface area contributed by atoms with Gasteiger partial charge >= 0.3 is 17.1 Å². The van der Waals surface area contributed by atoms with Gasteiger partial charge in [-0.2, -0.15) is 13.1 Å². The molecule has 0 unspecified atom stereocenters. The Balaban J connectivity index is 0.00000220. The van der Waals surface area contributed by atoms with Gasteiger partial charge in [0.2, 0.25) is 0 Å². The van der Waals surface area contributed by atoms with E-state index in [2.05, 4.69) is 25.6 Å². The van der Waals surface area contributed by atoms with Crippen LogP contribution in [0.4, 0.5) is 0 Å². The normalized spacial score (nSPS) is 17.6. The molecule has 0 N–H and O–H groups in total. The number of pyridine rings is 1. The van der Waals surface area contributed by atoms with Gasteiger partial charge in [-0.15, -0.1) is 13.1 Å². The third-order valence-electron chi connectivity index (χ3n) is 3.12. The molecule has 6 heteroatoms. The summed E-state index contributed by atoms with van der Waals surface area (Å²) in [5.41, 5.74) is 3.73. The fourth-order valence-electron chi connectivity index (χ4n) is 1.94. The second-order valence-corrected chi connectivity index (χ2v) is 4.68. The molecule has 113 valence electrons. The molecular weight excluding hydrogens is 305 g/mol. The Hall–Kier alpha value is -1.07. The first-order chi connectivity index (χ1) is 9.77. The molecule has 0 saturated heterocycles. The van der Waals surface area contributed by atoms with Gasteiger partial charge in [0.25, 0.3) is 0 Å². The van der Waals surface area contributed by atoms with Crippen LogP contribution in [0.3, 0.4) is 0 Å². The summed E-state index contributed by atoms with van der Waals surface area (Å²) in [4.78, 5) is 13.7. The zero-order valence-corrected chi connectivity index (χ0v) is 13.8. The van der Waals surface area contributed by atoms with Crippen molar-refractivity contribution >= 4 is 11.4 Å². The van der Waals surface area contributed by atoms with Gasteiger partial charge in [0, 0.05) is 13.1 Å². The van der Waals surface area contributed by atoms with Crippen LogP contribution >= 0.6 is 0 Å². The predicted octanol–water partition coefficient (Wildman–Crippen LogP) is 2.46. The Bertz CT molecular complexity index is 457. The summed E-state index contributed by atoms with van der Waals surface area (Å²) in [7, 11) is 0. The van der Waals surface area contributed by atoms with Crippen molar-refractivity contribution in [1.82, 2.24) is 4.98 Å². The zero-order valence-electron chi connectivity index (χ0n) is 12.6. The number of rotatable bonds is 0. The Morgan fingerprint density at radius 2 is 1.29 bits per heavy atom. The molecule has 0 saturated carbocycles. The largest absolute Gasteiger partial charge is 2.00 e. The molecule has 0 atom stereocenters. The third kappa shape index (κ3) is 6.06. The first-order valence-corrected chi connectivity index (χ1v) is 7.04. The van der Waals surface area contributed by atoms with E-state index in [1.54, 1.807) is 0 Å². The molecule has 1 aliphatic rings. The molecule has 2 bridgehead atoms. The number of aromatic nitrogens is 1. The van der Waals surface area contributed by atoms with E-state index in [9.17, 15) is 0 Å². The van der Waals surface area contributed by atoms with Crippen molar-refractivity contribution in [3.05, 3.63) is 40.2 Å². The molecule has 1 radical (unpaired) electrons. The standard InChI is InChI=1S/C15H21N5.Mn/c1-12-14-4-3-5-15(20-14)13(2)19-11-9-17-7-6-16-8-10-18-12;/h3-5H,6-11H2,1-2H3;/q-2;+2. The van der Waals surface area contributed by atoms with Gasteiger partial charge in [-0.3, -0.25) is 9.98 Å². The van der Waals surface area contributed by atoms with Crippen molar-refractivity contribution < 1.29 is 17.1 Å². The maximum atomic E-state index is 4.62. The SMILES string of the molecule is CC1=NCC[N-]CC[N-]CCN=C(C)c2cccc1n2.[Mn+2]. The molecule has 0 aromatic carbocycles. The van der Waals surface area contributed by atoms with Crippen LogP contribution < -0.4 is 0 Å². The van der Waals surface area contributed by atoms with Gasteiger partial charge in [-0.25, -0.2) is 4.98 Å². The van der Waals surface area contributed by atoms with Crippen LogP contribution in [0, 0.1) is 0 Å². The van der Waals surface area contributed by atoms with Crippen molar-refractivity contribution in [2.75, 3.05) is 39.3 Å². The molecule has 1 aromatic rings. The van der Waals surface area contributed by atoms with Crippen LogP contribution in [0.15, 0.2) is 28.2 Å². The van der Waals surface area contributed by atoms with Crippen molar-refractivity contribution in [2.24, 2.45) is 9.98 Å². The number of hydrogen-bond acceptors (Lipinski definition) is 3. The fraction of sp³-hybridized carbons (Fsp3) is 0.533. The number of hydrogen-bond donors (Lipinski definition) is 0. The molecule has 2 rings (SSSR count). The predicted molar refractivity (Wildman–Crippen MR) is 84.6 cm³/mol. The molecule has 1 aromatic heterocycles. The molecule has 2 heterocycles. The van der Waals surface area contributed by atoms with Crippen molar-refractivity contribution in [1.29, 1.82) is 0 Å². The molecule has 0 amide bonds. The van der Waals surface area contributed by atoms with E-state index in [-0.39, 0.29) is 17.1 Å². The molecule has 0 fully saturated rings. The first kappa shape index (κ1) is 18.0. The smallest absolute Gasteiger partial charge is 0.662 e. The molecule has 1 aliphatic heterocycles. The van der Waals surface area contributed by atoms with E-state index in [1.807, 2.05) is 32.0 Å². The summed E-state index contributed by atoms with van der Waals surface area (Å²) < 4.78 is 0. The van der Waals surface area contributed by atoms with Crippen LogP contribution in [0.5, 0.6) is 0 Å². The summed E-state index contributed by atoms with van der Waals surface area (Å²) in [5.74, 6) is 0. The average Bonchev–Trinajstić information content (AvgIpc) is 2.48. The van der Waals surface area contributed by atoms with E-state index in [0.717, 1.165) is 49.0 Å². The number of nitrogens with zero attached hydrogens (tertiary/aromatic N) is 5. The molecule has 0 aliphatic carbocycles. The minimum atomic E-state index is 0. The average molecular weight is 326 g/mol. The van der Waals surface area contributed by atoms with E-state index in [4.69, 9.17) is 0 Å². The maximum Gasteiger partial charge on any atom is 2.00 e. The maximum absolute atomic E-state index is 4.62. The van der Waals surface area contributed by atoms with Crippen molar-refractivity contribution in [2.45, 2.75) is 13.8 Å². The van der Waals surface area contributed by atoms with Gasteiger partial charge in [0.1, 0.15) is 0 Å². The topological polar surface area (TPSA) is 65.8 Å². The van der Waals surface area contributed by atoms with Crippen molar-refractivity contribution in [3.8, 4) is 0 Å². The zero-order chi connectivity index (χ0) is 14.2. The number of aliphatic imine (C=N–C) groups is 2. The van der Waals surface area contributed by atoms with Crippen molar-refractivity contribution in [3.63, 3.8) is 0 Å². The third-order valence-corrected chi connectivity index (χ3v) is 3.12. The summed E-state index contributed by atoms with van der Waals surface area (Å²) in [6.07, 6.45) is 0. The van der Waals surface area contributed by atoms with Crippen LogP contribution in [0.25, 0.3) is 10.6 Å². The van der Waals surface area contributed by atoms with E-state index in [0.29, 0.717) is 13.1 Å². The Morgan fingerprint density at radius 3 is 1.76 bits per heavy atom. The summed E-state index contributed by atoms with van der Waals surface area (Å²) in [6, 6.07) is 5.98. The second kappa shape index (κ2) is 9.79. The van der Waals surface area contributed by atoms with Crippen LogP contribution in [-0.2, 0) is 17.1 Å². The Morgan fingerprint density at radius 1 is 0.810 bits per heavy atom. The van der Waals surface area contributed by atoms with Gasteiger partial charge in [0.05, 0.1) is 22.8 Å². The van der Waals surface area contributed by atoms with Gasteiger partial charge < -0.3 is 10.6 Å². The van der Waals surface area contributed by atoms with E-state index in [1.165, 1.54) is 0 Å². The van der Waals surface area contributed by atoms with Crippen LogP contribution in [0.2, 0.25) is 0 Å². The Labute approximate surface area is 137 Å². The monoisotopic (exact) mass is 326 g/mol. The first-order valence-electron chi connectivity index (χ1n) is 7.04. The minimum Gasteiger partial charge on any atom is -0.662 e. The van der Waals surface area contributed by atoms with Gasteiger partial charge in [-0.05, 0) is 26.0 Å². The molecular formula is C15H21MnN5. The quantitative estimate of drug-likeness (QED) is 0.675. The summed E-state index contributed by atoms with van der Waals surface area (Å²) >= 11 is 0. The van der Waals surface area contributed by atoms with E-state index < -0.39 is 0 Å². The van der Waals surface area contributed by atoms with Crippen LogP contribution in [-0.4, -0.2) is 55.7 Å². The second-order valence-electron chi connectivity index (χ2n) is 4.68. The molecule has 21 heavy (non-hydrogen) atoms. The summed E-state index contributed by atoms with van der Waals surface area (Å²) in [5, 5.41) is 8.81. The van der Waals surface area contributed by atoms with Gasteiger partial charge in [0.15, 0.2) is 0 Å². The number of fused-ring (bicyclic) bond motifs is 2. The van der Waals surface area contributed by atoms with Crippen LogP contribution in [0.1, 0.15) is 25.2 Å². The fourth-order valence-corrected chi connectivity index (χ4v) is 1.94. The minimum absolute atomic E-state index is 0. The van der Waals surface area contributed by atoms with Gasteiger partial charge in [-0.1, -0.05) is 6.07 Å². The molecule has 5 nitrogen and oxygen atoms in total.